The highest BCUT2D eigenvalue weighted by molar-refractivity contribution is 5.88. The maximum absolute atomic E-state index is 9.63. The number of aromatic hydroxyl groups is 1. The van der Waals surface area contributed by atoms with Gasteiger partial charge in [0.25, 0.3) is 0 Å². The molecule has 0 heterocycles. The van der Waals surface area contributed by atoms with Crippen LogP contribution in [0.15, 0.2) is 36.4 Å². The molecule has 0 aromatic heterocycles. The third-order valence-electron chi connectivity index (χ3n) is 2.80. The van der Waals surface area contributed by atoms with Gasteiger partial charge in [0, 0.05) is 5.39 Å². The Morgan fingerprint density at radius 2 is 2.07 bits per heavy atom. The second-order valence-corrected chi connectivity index (χ2v) is 3.89. The number of nitrogens with two attached hydrogens (primary N) is 1. The summed E-state index contributed by atoms with van der Waals surface area (Å²) in [5.41, 5.74) is 6.85. The molecule has 0 radical (unpaired) electrons. The average molecular weight is 201 g/mol. The van der Waals surface area contributed by atoms with Crippen molar-refractivity contribution in [3.8, 4) is 5.75 Å². The largest absolute Gasteiger partial charge is 0.507 e. The predicted molar refractivity (Wildman–Crippen MR) is 63.1 cm³/mol. The highest BCUT2D eigenvalue weighted by Gasteiger charge is 2.05. The summed E-state index contributed by atoms with van der Waals surface area (Å²) in [7, 11) is 0. The molecule has 0 aliphatic rings. The first-order valence-electron chi connectivity index (χ1n) is 5.14. The molecule has 0 amide bonds. The molecule has 15 heavy (non-hydrogen) atoms. The lowest BCUT2D eigenvalue weighted by Gasteiger charge is -2.10. The molecule has 2 heteroatoms. The van der Waals surface area contributed by atoms with Crippen LogP contribution in [0.3, 0.4) is 0 Å². The van der Waals surface area contributed by atoms with E-state index in [1.165, 1.54) is 5.56 Å². The molecule has 3 N–H and O–H groups in total. The number of phenols is 1. The minimum absolute atomic E-state index is 0.333. The quantitative estimate of drug-likeness (QED) is 0.784. The Bertz CT molecular complexity index is 479. The van der Waals surface area contributed by atoms with Gasteiger partial charge in [0.2, 0.25) is 0 Å². The fourth-order valence-corrected chi connectivity index (χ4v) is 1.73. The van der Waals surface area contributed by atoms with Crippen molar-refractivity contribution in [2.45, 2.75) is 12.8 Å². The maximum atomic E-state index is 9.63. The second kappa shape index (κ2) is 3.91. The van der Waals surface area contributed by atoms with Crippen molar-refractivity contribution in [3.05, 3.63) is 42.0 Å². The molecule has 0 aliphatic heterocycles. The summed E-state index contributed by atoms with van der Waals surface area (Å²) in [5, 5.41) is 11.6. The Kier molecular flexibility index (Phi) is 2.60. The summed E-state index contributed by atoms with van der Waals surface area (Å²) in [6.45, 7) is 2.74. The highest BCUT2D eigenvalue weighted by Crippen LogP contribution is 2.27. The molecule has 2 nitrogen and oxygen atoms in total. The number of hydrogen-bond donors (Lipinski definition) is 2. The first-order valence-corrected chi connectivity index (χ1v) is 5.14. The molecule has 0 saturated heterocycles. The van der Waals surface area contributed by atoms with Crippen LogP contribution in [-0.4, -0.2) is 11.7 Å². The standard InChI is InChI=1S/C13H15NO/c1-9(8-14)10-5-6-12-11(7-10)3-2-4-13(12)15/h2-7,9,15H,8,14H2,1H3. The lowest BCUT2D eigenvalue weighted by atomic mass is 9.98. The van der Waals surface area contributed by atoms with Crippen molar-refractivity contribution in [3.63, 3.8) is 0 Å². The Morgan fingerprint density at radius 3 is 2.80 bits per heavy atom. The molecule has 1 unspecified atom stereocenters. The minimum Gasteiger partial charge on any atom is -0.507 e. The van der Waals surface area contributed by atoms with E-state index in [-0.39, 0.29) is 0 Å². The van der Waals surface area contributed by atoms with E-state index in [1.807, 2.05) is 24.3 Å². The Labute approximate surface area is 89.3 Å². The summed E-state index contributed by atoms with van der Waals surface area (Å²) in [5.74, 6) is 0.691. The molecular formula is C13H15NO. The topological polar surface area (TPSA) is 46.2 Å². The van der Waals surface area contributed by atoms with Crippen LogP contribution in [0, 0.1) is 0 Å². The molecule has 0 aliphatic carbocycles. The third-order valence-corrected chi connectivity index (χ3v) is 2.80. The number of rotatable bonds is 2. The summed E-state index contributed by atoms with van der Waals surface area (Å²) < 4.78 is 0. The van der Waals surface area contributed by atoms with Crippen molar-refractivity contribution in [2.75, 3.05) is 6.54 Å². The Morgan fingerprint density at radius 1 is 1.27 bits per heavy atom. The van der Waals surface area contributed by atoms with Crippen LogP contribution in [-0.2, 0) is 0 Å². The smallest absolute Gasteiger partial charge is 0.123 e. The van der Waals surface area contributed by atoms with E-state index in [9.17, 15) is 5.11 Å². The molecule has 0 fully saturated rings. The number of hydrogen-bond acceptors (Lipinski definition) is 2. The summed E-state index contributed by atoms with van der Waals surface area (Å²) in [6, 6.07) is 11.6. The van der Waals surface area contributed by atoms with E-state index in [0.29, 0.717) is 18.2 Å². The third kappa shape index (κ3) is 1.81. The van der Waals surface area contributed by atoms with Gasteiger partial charge in [-0.2, -0.15) is 0 Å². The van der Waals surface area contributed by atoms with Crippen molar-refractivity contribution in [1.82, 2.24) is 0 Å². The van der Waals surface area contributed by atoms with Gasteiger partial charge in [-0.3, -0.25) is 0 Å². The van der Waals surface area contributed by atoms with Gasteiger partial charge in [-0.1, -0.05) is 37.3 Å². The van der Waals surface area contributed by atoms with Gasteiger partial charge in [0.05, 0.1) is 0 Å². The lowest BCUT2D eigenvalue weighted by molar-refractivity contribution is 0.481. The molecule has 0 bridgehead atoms. The van der Waals surface area contributed by atoms with E-state index < -0.39 is 0 Å². The summed E-state index contributed by atoms with van der Waals surface area (Å²) in [4.78, 5) is 0. The zero-order valence-electron chi connectivity index (χ0n) is 8.77. The van der Waals surface area contributed by atoms with Gasteiger partial charge in [-0.05, 0) is 29.5 Å². The second-order valence-electron chi connectivity index (χ2n) is 3.89. The van der Waals surface area contributed by atoms with E-state index in [2.05, 4.69) is 13.0 Å². The first-order chi connectivity index (χ1) is 7.22. The SMILES string of the molecule is CC(CN)c1ccc2c(O)cccc2c1. The molecule has 78 valence electrons. The van der Waals surface area contributed by atoms with E-state index in [4.69, 9.17) is 5.73 Å². The lowest BCUT2D eigenvalue weighted by Crippen LogP contribution is -2.08. The Hall–Kier alpha value is -1.54. The molecule has 0 saturated carbocycles. The van der Waals surface area contributed by atoms with Crippen molar-refractivity contribution in [1.29, 1.82) is 0 Å². The van der Waals surface area contributed by atoms with Gasteiger partial charge in [-0.25, -0.2) is 0 Å². The molecule has 2 rings (SSSR count). The highest BCUT2D eigenvalue weighted by atomic mass is 16.3. The van der Waals surface area contributed by atoms with Crippen LogP contribution in [0.2, 0.25) is 0 Å². The van der Waals surface area contributed by atoms with E-state index in [1.54, 1.807) is 6.07 Å². The van der Waals surface area contributed by atoms with Gasteiger partial charge < -0.3 is 10.8 Å². The predicted octanol–water partition coefficient (Wildman–Crippen LogP) is 2.61. The fraction of sp³-hybridized carbons (Fsp3) is 0.231. The monoisotopic (exact) mass is 201 g/mol. The van der Waals surface area contributed by atoms with Gasteiger partial charge in [0.15, 0.2) is 0 Å². The number of phenolic OH excluding ortho intramolecular Hbond substituents is 1. The van der Waals surface area contributed by atoms with Gasteiger partial charge >= 0.3 is 0 Å². The van der Waals surface area contributed by atoms with E-state index in [0.717, 1.165) is 10.8 Å². The summed E-state index contributed by atoms with van der Waals surface area (Å²) in [6.07, 6.45) is 0. The van der Waals surface area contributed by atoms with Crippen LogP contribution < -0.4 is 5.73 Å². The van der Waals surface area contributed by atoms with Gasteiger partial charge in [0.1, 0.15) is 5.75 Å². The molecule has 1 atom stereocenters. The molecule has 2 aromatic carbocycles. The minimum atomic E-state index is 0.333. The van der Waals surface area contributed by atoms with Crippen molar-refractivity contribution in [2.24, 2.45) is 5.73 Å². The zero-order chi connectivity index (χ0) is 10.8. The number of benzene rings is 2. The maximum Gasteiger partial charge on any atom is 0.123 e. The first kappa shape index (κ1) is 9.99. The molecular weight excluding hydrogens is 186 g/mol. The van der Waals surface area contributed by atoms with Crippen molar-refractivity contribution >= 4 is 10.8 Å². The fourth-order valence-electron chi connectivity index (χ4n) is 1.73. The van der Waals surface area contributed by atoms with Crippen LogP contribution in [0.5, 0.6) is 5.75 Å². The molecule has 0 spiro atoms. The normalized spacial score (nSPS) is 12.9. The van der Waals surface area contributed by atoms with Crippen LogP contribution in [0.25, 0.3) is 10.8 Å². The van der Waals surface area contributed by atoms with Gasteiger partial charge in [-0.15, -0.1) is 0 Å². The Balaban J connectivity index is 2.57. The zero-order valence-corrected chi connectivity index (χ0v) is 8.77. The number of fused-ring (bicyclic) bond motifs is 1. The van der Waals surface area contributed by atoms with Crippen LogP contribution in [0.4, 0.5) is 0 Å². The summed E-state index contributed by atoms with van der Waals surface area (Å²) >= 11 is 0. The van der Waals surface area contributed by atoms with Crippen LogP contribution in [0.1, 0.15) is 18.4 Å². The van der Waals surface area contributed by atoms with E-state index >= 15 is 0 Å². The van der Waals surface area contributed by atoms with Crippen molar-refractivity contribution < 1.29 is 5.11 Å². The molecule has 2 aromatic rings. The average Bonchev–Trinajstić information content (AvgIpc) is 2.28. The van der Waals surface area contributed by atoms with Crippen LogP contribution >= 0.6 is 0 Å².